The van der Waals surface area contributed by atoms with Gasteiger partial charge in [0.1, 0.15) is 6.73 Å². The number of phosphoric acid groups is 1. The van der Waals surface area contributed by atoms with Gasteiger partial charge < -0.3 is 14.7 Å². The monoisotopic (exact) mass is 408 g/mol. The molecule has 0 saturated carbocycles. The molecular weight excluding hydrogens is 387 g/mol. The molecule has 2 aromatic heterocycles. The summed E-state index contributed by atoms with van der Waals surface area (Å²) in [4.78, 5) is 49.0. The van der Waals surface area contributed by atoms with Crippen molar-refractivity contribution in [3.63, 3.8) is 0 Å². The Bertz CT molecular complexity index is 887. The normalized spacial score (nSPS) is 16.2. The second-order valence-corrected chi connectivity index (χ2v) is 8.17. The maximum atomic E-state index is 11.2. The van der Waals surface area contributed by atoms with Crippen molar-refractivity contribution in [2.45, 2.75) is 32.2 Å². The maximum Gasteiger partial charge on any atom is 0.471 e. The lowest BCUT2D eigenvalue weighted by molar-refractivity contribution is -0.108. The second-order valence-electron chi connectivity index (χ2n) is 6.93. The molecule has 0 aromatic carbocycles. The zero-order valence-corrected chi connectivity index (χ0v) is 16.4. The average Bonchev–Trinajstić information content (AvgIpc) is 3.01. The first-order chi connectivity index (χ1) is 13.2. The predicted octanol–water partition coefficient (Wildman–Crippen LogP) is 1.34. The van der Waals surface area contributed by atoms with Crippen LogP contribution in [0.3, 0.4) is 0 Å². The van der Waals surface area contributed by atoms with Crippen molar-refractivity contribution in [3.05, 3.63) is 24.8 Å². The maximum absolute atomic E-state index is 11.2. The lowest BCUT2D eigenvalue weighted by Crippen LogP contribution is -2.39. The van der Waals surface area contributed by atoms with E-state index in [1.807, 2.05) is 0 Å². The molecule has 0 spiro atoms. The van der Waals surface area contributed by atoms with Crippen molar-refractivity contribution >= 4 is 26.0 Å². The van der Waals surface area contributed by atoms with E-state index in [1.54, 1.807) is 12.4 Å². The number of carbonyl (C=O) groups excluding carboxylic acids is 1. The number of hydrogen-bond donors (Lipinski definition) is 2. The van der Waals surface area contributed by atoms with E-state index in [2.05, 4.69) is 43.2 Å². The molecule has 0 unspecified atom stereocenters. The molecule has 0 aliphatic carbocycles. The van der Waals surface area contributed by atoms with Crippen molar-refractivity contribution in [1.29, 1.82) is 0 Å². The van der Waals surface area contributed by atoms with Gasteiger partial charge in [-0.2, -0.15) is 0 Å². The zero-order chi connectivity index (χ0) is 20.4. The van der Waals surface area contributed by atoms with Crippen molar-refractivity contribution in [2.75, 3.05) is 23.1 Å². The summed E-state index contributed by atoms with van der Waals surface area (Å²) in [5.74, 6) is 0.714. The van der Waals surface area contributed by atoms with Crippen LogP contribution in [0, 0.1) is 0 Å². The van der Waals surface area contributed by atoms with E-state index in [4.69, 9.17) is 9.79 Å². The molecular formula is C16H21N6O5P. The number of nitrogens with zero attached hydrogens (tertiary/aromatic N) is 6. The Morgan fingerprint density at radius 2 is 2.00 bits per heavy atom. The first-order valence-electron chi connectivity index (χ1n) is 8.54. The third kappa shape index (κ3) is 4.68. The Hall–Kier alpha value is -2.46. The van der Waals surface area contributed by atoms with Crippen LogP contribution in [0.2, 0.25) is 0 Å². The molecule has 0 bridgehead atoms. The van der Waals surface area contributed by atoms with Crippen LogP contribution in [0.25, 0.3) is 11.3 Å². The number of rotatable bonds is 7. The Balaban J connectivity index is 1.80. The number of carbonyl (C=O) groups is 1. The average molecular weight is 408 g/mol. The Kier molecular flexibility index (Phi) is 5.71. The summed E-state index contributed by atoms with van der Waals surface area (Å²) >= 11 is 0. The SMILES string of the molecule is CC1(C)CCCN1c1ncc(-c2cncc(N(C=O)COP(=O)(O)O)n2)cn1. The lowest BCUT2D eigenvalue weighted by atomic mass is 10.0. The minimum atomic E-state index is -4.72. The van der Waals surface area contributed by atoms with Gasteiger partial charge >= 0.3 is 7.82 Å². The summed E-state index contributed by atoms with van der Waals surface area (Å²) in [5, 5.41) is 0. The molecule has 150 valence electrons. The first-order valence-corrected chi connectivity index (χ1v) is 10.1. The predicted molar refractivity (Wildman–Crippen MR) is 100 cm³/mol. The summed E-state index contributed by atoms with van der Waals surface area (Å²) in [5.41, 5.74) is 1.01. The van der Waals surface area contributed by atoms with Crippen molar-refractivity contribution in [3.8, 4) is 11.3 Å². The van der Waals surface area contributed by atoms with E-state index in [9.17, 15) is 9.36 Å². The van der Waals surface area contributed by atoms with Crippen LogP contribution in [0.1, 0.15) is 26.7 Å². The fourth-order valence-electron chi connectivity index (χ4n) is 2.99. The van der Waals surface area contributed by atoms with E-state index in [0.717, 1.165) is 24.3 Å². The molecule has 1 saturated heterocycles. The third-order valence-corrected chi connectivity index (χ3v) is 4.94. The van der Waals surface area contributed by atoms with Gasteiger partial charge in [-0.1, -0.05) is 0 Å². The Morgan fingerprint density at radius 3 is 2.57 bits per heavy atom. The van der Waals surface area contributed by atoms with Crippen LogP contribution in [0.4, 0.5) is 11.8 Å². The minimum Gasteiger partial charge on any atom is -0.336 e. The number of anilines is 2. The van der Waals surface area contributed by atoms with Gasteiger partial charge in [0.2, 0.25) is 12.4 Å². The largest absolute Gasteiger partial charge is 0.471 e. The third-order valence-electron chi connectivity index (χ3n) is 4.48. The van der Waals surface area contributed by atoms with Crippen LogP contribution >= 0.6 is 7.82 Å². The Morgan fingerprint density at radius 1 is 1.29 bits per heavy atom. The minimum absolute atomic E-state index is 0.00451. The Labute approximate surface area is 161 Å². The summed E-state index contributed by atoms with van der Waals surface area (Å²) < 4.78 is 15.2. The summed E-state index contributed by atoms with van der Waals surface area (Å²) in [6.45, 7) is 4.54. The van der Waals surface area contributed by atoms with Crippen LogP contribution in [0.15, 0.2) is 24.8 Å². The molecule has 28 heavy (non-hydrogen) atoms. The van der Waals surface area contributed by atoms with E-state index < -0.39 is 14.6 Å². The van der Waals surface area contributed by atoms with Gasteiger partial charge in [0.25, 0.3) is 0 Å². The van der Waals surface area contributed by atoms with Gasteiger partial charge in [0.15, 0.2) is 5.82 Å². The van der Waals surface area contributed by atoms with Crippen LogP contribution in [-0.2, 0) is 13.9 Å². The van der Waals surface area contributed by atoms with E-state index in [-0.39, 0.29) is 11.4 Å². The molecule has 11 nitrogen and oxygen atoms in total. The topological polar surface area (TPSA) is 142 Å². The second kappa shape index (κ2) is 7.88. The van der Waals surface area contributed by atoms with Gasteiger partial charge in [0, 0.05) is 30.0 Å². The van der Waals surface area contributed by atoms with Crippen molar-refractivity contribution in [1.82, 2.24) is 19.9 Å². The summed E-state index contributed by atoms with van der Waals surface area (Å²) in [6.07, 6.45) is 8.52. The number of phosphoric ester groups is 1. The number of hydrogen-bond acceptors (Lipinski definition) is 8. The van der Waals surface area contributed by atoms with E-state index in [1.165, 1.54) is 12.4 Å². The molecule has 1 aliphatic rings. The molecule has 1 fully saturated rings. The van der Waals surface area contributed by atoms with Crippen molar-refractivity contribution < 1.29 is 23.7 Å². The van der Waals surface area contributed by atoms with Crippen LogP contribution < -0.4 is 9.80 Å². The molecule has 2 N–H and O–H groups in total. The number of aromatic nitrogens is 4. The highest BCUT2D eigenvalue weighted by molar-refractivity contribution is 7.46. The molecule has 0 radical (unpaired) electrons. The van der Waals surface area contributed by atoms with E-state index in [0.29, 0.717) is 23.6 Å². The molecule has 1 aliphatic heterocycles. The summed E-state index contributed by atoms with van der Waals surface area (Å²) in [7, 11) is -4.72. The molecule has 0 atom stereocenters. The quantitative estimate of drug-likeness (QED) is 0.391. The zero-order valence-electron chi connectivity index (χ0n) is 15.5. The lowest BCUT2D eigenvalue weighted by Gasteiger charge is -2.31. The van der Waals surface area contributed by atoms with Gasteiger partial charge in [-0.3, -0.25) is 19.2 Å². The molecule has 1 amide bonds. The highest BCUT2D eigenvalue weighted by atomic mass is 31.2. The van der Waals surface area contributed by atoms with Crippen LogP contribution in [0.5, 0.6) is 0 Å². The first kappa shape index (κ1) is 20.3. The standard InChI is InChI=1S/C16H21N6O5P/c1-16(2)4-3-5-22(16)15-18-6-12(7-19-15)13-8-17-9-14(20-13)21(10-23)11-27-28(24,25)26/h6-10H,3-5,11H2,1-2H3,(H2,24,25,26). The fourth-order valence-corrected chi connectivity index (χ4v) is 3.27. The van der Waals surface area contributed by atoms with Crippen LogP contribution in [-0.4, -0.2) is 54.9 Å². The number of amides is 1. The summed E-state index contributed by atoms with van der Waals surface area (Å²) in [6, 6.07) is 0. The van der Waals surface area contributed by atoms with Gasteiger partial charge in [-0.25, -0.2) is 19.5 Å². The molecule has 3 rings (SSSR count). The molecule has 3 heterocycles. The highest BCUT2D eigenvalue weighted by Gasteiger charge is 2.33. The molecule has 2 aromatic rings. The van der Waals surface area contributed by atoms with Gasteiger partial charge in [-0.05, 0) is 26.7 Å². The fraction of sp³-hybridized carbons (Fsp3) is 0.438. The molecule has 12 heteroatoms. The van der Waals surface area contributed by atoms with Gasteiger partial charge in [0.05, 0.1) is 18.1 Å². The van der Waals surface area contributed by atoms with E-state index >= 15 is 0 Å². The van der Waals surface area contributed by atoms with Gasteiger partial charge in [-0.15, -0.1) is 0 Å². The highest BCUT2D eigenvalue weighted by Crippen LogP contribution is 2.36. The van der Waals surface area contributed by atoms with Crippen molar-refractivity contribution in [2.24, 2.45) is 0 Å². The smallest absolute Gasteiger partial charge is 0.336 e.